The monoisotopic (exact) mass is 390 g/mol. The molecule has 0 spiro atoms. The Kier molecular flexibility index (Phi) is 5.45. The smallest absolute Gasteiger partial charge is 0.123 e. The number of aliphatic hydroxyl groups is 1. The molecule has 1 heterocycles. The van der Waals surface area contributed by atoms with Crippen molar-refractivity contribution in [3.8, 4) is 0 Å². The number of fused-ring (bicyclic) bond motifs is 2. The first-order chi connectivity index (χ1) is 13.3. The van der Waals surface area contributed by atoms with Crippen LogP contribution in [0.4, 0.5) is 10.1 Å². The molecule has 0 radical (unpaired) electrons. The normalized spacial score (nSPS) is 33.4. The highest BCUT2D eigenvalue weighted by Gasteiger charge is 2.61. The van der Waals surface area contributed by atoms with Crippen molar-refractivity contribution in [2.45, 2.75) is 52.2 Å². The quantitative estimate of drug-likeness (QED) is 0.806. The van der Waals surface area contributed by atoms with E-state index in [4.69, 9.17) is 4.74 Å². The van der Waals surface area contributed by atoms with Crippen LogP contribution in [0.3, 0.4) is 0 Å². The number of anilines is 1. The Hall–Kier alpha value is -1.17. The zero-order chi connectivity index (χ0) is 19.9. The van der Waals surface area contributed by atoms with Crippen LogP contribution >= 0.6 is 0 Å². The summed E-state index contributed by atoms with van der Waals surface area (Å²) in [7, 11) is 0. The molecule has 156 valence electrons. The van der Waals surface area contributed by atoms with Gasteiger partial charge in [0.05, 0.1) is 18.8 Å². The van der Waals surface area contributed by atoms with Gasteiger partial charge in [0.15, 0.2) is 0 Å². The van der Waals surface area contributed by atoms with E-state index < -0.39 is 6.10 Å². The van der Waals surface area contributed by atoms with Gasteiger partial charge in [-0.1, -0.05) is 20.8 Å². The number of hydrogen-bond donors (Lipinski definition) is 1. The van der Waals surface area contributed by atoms with Crippen LogP contribution in [0, 0.1) is 22.6 Å². The van der Waals surface area contributed by atoms with E-state index in [1.165, 1.54) is 25.0 Å². The summed E-state index contributed by atoms with van der Waals surface area (Å²) in [5.74, 6) is 0.567. The Bertz CT molecular complexity index is 672. The Morgan fingerprint density at radius 1 is 1.14 bits per heavy atom. The SMILES string of the molecule is CC1(C)[C@H]2CC[C@@]1(C)[C@@H](OC[C@H](O)CN1CCN(c3ccc(F)cc3)CC1)C2. The van der Waals surface area contributed by atoms with Gasteiger partial charge in [0, 0.05) is 38.4 Å². The summed E-state index contributed by atoms with van der Waals surface area (Å²) in [6.45, 7) is 11.9. The second-order valence-electron chi connectivity index (χ2n) is 9.85. The van der Waals surface area contributed by atoms with Gasteiger partial charge in [-0.05, 0) is 60.3 Å². The van der Waals surface area contributed by atoms with Crippen LogP contribution in [0.1, 0.15) is 40.0 Å². The highest BCUT2D eigenvalue weighted by atomic mass is 19.1. The van der Waals surface area contributed by atoms with Crippen LogP contribution in [-0.2, 0) is 4.74 Å². The molecule has 0 aromatic heterocycles. The number of aliphatic hydroxyl groups excluding tert-OH is 1. The molecule has 1 aromatic rings. The fraction of sp³-hybridized carbons (Fsp3) is 0.739. The summed E-state index contributed by atoms with van der Waals surface area (Å²) in [6.07, 6.45) is 3.56. The summed E-state index contributed by atoms with van der Waals surface area (Å²) in [6, 6.07) is 6.71. The third-order valence-corrected chi connectivity index (χ3v) is 8.24. The average molecular weight is 391 g/mol. The van der Waals surface area contributed by atoms with Crippen molar-refractivity contribution in [2.24, 2.45) is 16.7 Å². The van der Waals surface area contributed by atoms with E-state index in [2.05, 4.69) is 30.6 Å². The van der Waals surface area contributed by atoms with Gasteiger partial charge in [0.2, 0.25) is 0 Å². The second kappa shape index (κ2) is 7.58. The van der Waals surface area contributed by atoms with Crippen molar-refractivity contribution in [3.63, 3.8) is 0 Å². The predicted octanol–water partition coefficient (Wildman–Crippen LogP) is 3.54. The van der Waals surface area contributed by atoms with Crippen LogP contribution in [-0.4, -0.2) is 61.5 Å². The van der Waals surface area contributed by atoms with Crippen LogP contribution in [0.15, 0.2) is 24.3 Å². The molecule has 3 fully saturated rings. The minimum atomic E-state index is -0.441. The largest absolute Gasteiger partial charge is 0.389 e. The van der Waals surface area contributed by atoms with Crippen LogP contribution in [0.25, 0.3) is 0 Å². The Morgan fingerprint density at radius 3 is 2.39 bits per heavy atom. The first-order valence-electron chi connectivity index (χ1n) is 10.8. The molecule has 1 aromatic carbocycles. The maximum Gasteiger partial charge on any atom is 0.123 e. The summed E-state index contributed by atoms with van der Waals surface area (Å²) in [4.78, 5) is 4.58. The van der Waals surface area contributed by atoms with Crippen molar-refractivity contribution < 1.29 is 14.2 Å². The van der Waals surface area contributed by atoms with Gasteiger partial charge >= 0.3 is 0 Å². The van der Waals surface area contributed by atoms with E-state index in [1.54, 1.807) is 0 Å². The lowest BCUT2D eigenvalue weighted by atomic mass is 9.70. The van der Waals surface area contributed by atoms with E-state index in [0.717, 1.165) is 44.2 Å². The lowest BCUT2D eigenvalue weighted by Gasteiger charge is -2.39. The van der Waals surface area contributed by atoms with Gasteiger partial charge in [0.1, 0.15) is 5.82 Å². The number of benzene rings is 1. The molecule has 2 aliphatic carbocycles. The molecule has 4 atom stereocenters. The van der Waals surface area contributed by atoms with Crippen molar-refractivity contribution >= 4 is 5.69 Å². The molecular formula is C23H35FN2O2. The van der Waals surface area contributed by atoms with Crippen LogP contribution < -0.4 is 4.90 Å². The van der Waals surface area contributed by atoms with Crippen LogP contribution in [0.5, 0.6) is 0 Å². The third kappa shape index (κ3) is 3.57. The molecule has 1 saturated heterocycles. The highest BCUT2D eigenvalue weighted by Crippen LogP contribution is 2.66. The zero-order valence-electron chi connectivity index (χ0n) is 17.5. The van der Waals surface area contributed by atoms with Gasteiger partial charge in [-0.25, -0.2) is 4.39 Å². The standard InChI is InChI=1S/C23H35FN2O2/c1-22(2)17-8-9-23(22,3)21(14-17)28-16-20(27)15-25-10-12-26(13-11-25)19-6-4-18(24)5-7-19/h4-7,17,20-21,27H,8-16H2,1-3H3/t17-,20+,21-,23-/m0/s1. The molecule has 1 N–H and O–H groups in total. The average Bonchev–Trinajstić information content (AvgIpc) is 3.01. The van der Waals surface area contributed by atoms with Crippen molar-refractivity contribution in [2.75, 3.05) is 44.2 Å². The third-order valence-electron chi connectivity index (χ3n) is 8.24. The van der Waals surface area contributed by atoms with Gasteiger partial charge in [0.25, 0.3) is 0 Å². The first-order valence-corrected chi connectivity index (χ1v) is 10.8. The number of halogens is 1. The fourth-order valence-electron chi connectivity index (χ4n) is 5.80. The van der Waals surface area contributed by atoms with E-state index in [-0.39, 0.29) is 17.3 Å². The maximum atomic E-state index is 13.1. The summed E-state index contributed by atoms with van der Waals surface area (Å²) in [5, 5.41) is 10.5. The highest BCUT2D eigenvalue weighted by molar-refractivity contribution is 5.46. The molecule has 2 bridgehead atoms. The summed E-state index contributed by atoms with van der Waals surface area (Å²) < 4.78 is 19.4. The Labute approximate surface area is 168 Å². The molecule has 3 aliphatic rings. The number of piperazine rings is 1. The first kappa shape index (κ1) is 20.1. The number of hydrogen-bond acceptors (Lipinski definition) is 4. The van der Waals surface area contributed by atoms with Crippen molar-refractivity contribution in [1.82, 2.24) is 4.90 Å². The molecule has 4 nitrogen and oxygen atoms in total. The topological polar surface area (TPSA) is 35.9 Å². The fourth-order valence-corrected chi connectivity index (χ4v) is 5.80. The van der Waals surface area contributed by atoms with E-state index in [1.807, 2.05) is 12.1 Å². The zero-order valence-corrected chi connectivity index (χ0v) is 17.5. The van der Waals surface area contributed by atoms with Crippen molar-refractivity contribution in [1.29, 1.82) is 0 Å². The number of rotatable bonds is 6. The van der Waals surface area contributed by atoms with Crippen molar-refractivity contribution in [3.05, 3.63) is 30.1 Å². The second-order valence-corrected chi connectivity index (χ2v) is 9.85. The number of ether oxygens (including phenoxy) is 1. The lowest BCUT2D eigenvalue weighted by Crippen LogP contribution is -2.49. The van der Waals surface area contributed by atoms with Gasteiger partial charge in [-0.15, -0.1) is 0 Å². The van der Waals surface area contributed by atoms with E-state index >= 15 is 0 Å². The summed E-state index contributed by atoms with van der Waals surface area (Å²) >= 11 is 0. The lowest BCUT2D eigenvalue weighted by molar-refractivity contribution is -0.0794. The minimum Gasteiger partial charge on any atom is -0.389 e. The van der Waals surface area contributed by atoms with E-state index in [9.17, 15) is 9.50 Å². The molecule has 1 aliphatic heterocycles. The predicted molar refractivity (Wildman–Crippen MR) is 110 cm³/mol. The minimum absolute atomic E-state index is 0.196. The van der Waals surface area contributed by atoms with Gasteiger partial charge in [-0.3, -0.25) is 4.90 Å². The Morgan fingerprint density at radius 2 is 1.82 bits per heavy atom. The van der Waals surface area contributed by atoms with E-state index in [0.29, 0.717) is 18.6 Å². The molecule has 0 unspecified atom stereocenters. The Balaban J connectivity index is 1.21. The van der Waals surface area contributed by atoms with Crippen LogP contribution in [0.2, 0.25) is 0 Å². The maximum absolute atomic E-state index is 13.1. The molecule has 4 rings (SSSR count). The number of nitrogens with zero attached hydrogens (tertiary/aromatic N) is 2. The number of β-amino-alcohol motifs (C(OH)–C–C–N with tert-alkyl or cyclic N) is 1. The summed E-state index contributed by atoms with van der Waals surface area (Å²) in [5.41, 5.74) is 1.66. The molecular weight excluding hydrogens is 355 g/mol. The molecule has 0 amide bonds. The molecule has 28 heavy (non-hydrogen) atoms. The molecule has 2 saturated carbocycles. The molecule has 5 heteroatoms. The van der Waals surface area contributed by atoms with Gasteiger partial charge in [-0.2, -0.15) is 0 Å². The van der Waals surface area contributed by atoms with Gasteiger partial charge < -0.3 is 14.7 Å².